The maximum Gasteiger partial charge on any atom is 0.325 e. The minimum atomic E-state index is -0.0178. The zero-order valence-corrected chi connectivity index (χ0v) is 13.6. The van der Waals surface area contributed by atoms with Gasteiger partial charge in [-0.3, -0.25) is 0 Å². The lowest BCUT2D eigenvalue weighted by Gasteiger charge is -2.22. The van der Waals surface area contributed by atoms with Crippen molar-refractivity contribution in [2.24, 2.45) is 0 Å². The Balaban J connectivity index is 2.36. The van der Waals surface area contributed by atoms with Crippen molar-refractivity contribution in [2.75, 3.05) is 7.11 Å². The van der Waals surface area contributed by atoms with Crippen LogP contribution in [0.4, 0.5) is 0 Å². The van der Waals surface area contributed by atoms with Crippen LogP contribution in [0, 0.1) is 0 Å². The maximum atomic E-state index is 5.81. The molecule has 1 aromatic heterocycles. The Morgan fingerprint density at radius 1 is 1.15 bits per heavy atom. The molecule has 5 heteroatoms. The van der Waals surface area contributed by atoms with Gasteiger partial charge in [-0.15, -0.1) is 0 Å². The third-order valence-corrected chi connectivity index (χ3v) is 3.32. The third-order valence-electron chi connectivity index (χ3n) is 2.78. The van der Waals surface area contributed by atoms with Gasteiger partial charge in [0, 0.05) is 5.56 Å². The number of hydrogen-bond donors (Lipinski definition) is 0. The van der Waals surface area contributed by atoms with E-state index in [0.29, 0.717) is 10.4 Å². The second kappa shape index (κ2) is 5.79. The van der Waals surface area contributed by atoms with Gasteiger partial charge in [0.2, 0.25) is 5.88 Å². The van der Waals surface area contributed by atoms with Crippen LogP contribution in [0.25, 0.3) is 0 Å². The van der Waals surface area contributed by atoms with E-state index >= 15 is 0 Å². The second-order valence-corrected chi connectivity index (χ2v) is 6.21. The highest BCUT2D eigenvalue weighted by Gasteiger charge is 2.19. The van der Waals surface area contributed by atoms with E-state index in [2.05, 4.69) is 46.7 Å². The molecule has 2 aromatic rings. The number of halogens is 1. The predicted octanol–water partition coefficient (Wildman–Crippen LogP) is 4.34. The van der Waals surface area contributed by atoms with Gasteiger partial charge in [-0.05, 0) is 27.4 Å². The molecular formula is C15H17BrN2O2. The van der Waals surface area contributed by atoms with Crippen LogP contribution in [0.1, 0.15) is 26.3 Å². The zero-order chi connectivity index (χ0) is 14.8. The van der Waals surface area contributed by atoms with E-state index in [1.807, 2.05) is 24.3 Å². The first-order valence-electron chi connectivity index (χ1n) is 6.25. The largest absolute Gasteiger partial charge is 0.480 e. The number of methoxy groups -OCH3 is 1. The Morgan fingerprint density at radius 2 is 1.85 bits per heavy atom. The molecule has 0 aliphatic carbocycles. The van der Waals surface area contributed by atoms with Gasteiger partial charge < -0.3 is 9.47 Å². The molecule has 0 radical (unpaired) electrons. The summed E-state index contributed by atoms with van der Waals surface area (Å²) in [6.07, 6.45) is 1.61. The van der Waals surface area contributed by atoms with E-state index < -0.39 is 0 Å². The molecule has 0 bridgehead atoms. The van der Waals surface area contributed by atoms with E-state index in [9.17, 15) is 0 Å². The van der Waals surface area contributed by atoms with Crippen LogP contribution in [0.15, 0.2) is 34.9 Å². The highest BCUT2D eigenvalue weighted by Crippen LogP contribution is 2.33. The maximum absolute atomic E-state index is 5.81. The first-order chi connectivity index (χ1) is 9.41. The first-order valence-corrected chi connectivity index (χ1v) is 7.05. The average molecular weight is 337 g/mol. The molecule has 2 rings (SSSR count). The standard InChI is InChI=1S/C15H17BrN2O2/c1-15(2,3)10-7-5-6-8-12(10)20-14-17-9-11(16)13(18-14)19-4/h5-9H,1-4H3. The van der Waals surface area contributed by atoms with Crippen LogP contribution >= 0.6 is 15.9 Å². The molecule has 106 valence electrons. The van der Waals surface area contributed by atoms with E-state index in [1.165, 1.54) is 0 Å². The van der Waals surface area contributed by atoms with Crippen molar-refractivity contribution in [1.82, 2.24) is 9.97 Å². The lowest BCUT2D eigenvalue weighted by Crippen LogP contribution is -2.12. The smallest absolute Gasteiger partial charge is 0.325 e. The molecule has 4 nitrogen and oxygen atoms in total. The summed E-state index contributed by atoms with van der Waals surface area (Å²) in [6, 6.07) is 8.16. The van der Waals surface area contributed by atoms with Crippen LogP contribution in [0.3, 0.4) is 0 Å². The van der Waals surface area contributed by atoms with Gasteiger partial charge in [0.1, 0.15) is 5.75 Å². The van der Waals surface area contributed by atoms with Gasteiger partial charge >= 0.3 is 6.01 Å². The summed E-state index contributed by atoms with van der Waals surface area (Å²) in [5.74, 6) is 1.20. The van der Waals surface area contributed by atoms with Gasteiger partial charge in [0.05, 0.1) is 17.8 Å². The highest BCUT2D eigenvalue weighted by atomic mass is 79.9. The summed E-state index contributed by atoms with van der Waals surface area (Å²) in [4.78, 5) is 8.35. The Kier molecular flexibility index (Phi) is 4.28. The number of aromatic nitrogens is 2. The number of rotatable bonds is 3. The summed E-state index contributed by atoms with van der Waals surface area (Å²) < 4.78 is 11.6. The summed E-state index contributed by atoms with van der Waals surface area (Å²) in [6.45, 7) is 6.41. The first kappa shape index (κ1) is 14.8. The van der Waals surface area contributed by atoms with Crippen molar-refractivity contribution >= 4 is 15.9 Å². The van der Waals surface area contributed by atoms with Gasteiger partial charge in [0.25, 0.3) is 0 Å². The number of ether oxygens (including phenoxy) is 2. The Labute approximate surface area is 127 Å². The van der Waals surface area contributed by atoms with E-state index in [4.69, 9.17) is 9.47 Å². The molecule has 0 aliphatic rings. The van der Waals surface area contributed by atoms with Crippen molar-refractivity contribution in [2.45, 2.75) is 26.2 Å². The lowest BCUT2D eigenvalue weighted by atomic mass is 9.86. The molecule has 0 saturated heterocycles. The number of nitrogens with zero attached hydrogens (tertiary/aromatic N) is 2. The van der Waals surface area contributed by atoms with E-state index in [1.54, 1.807) is 13.3 Å². The lowest BCUT2D eigenvalue weighted by molar-refractivity contribution is 0.370. The molecule has 0 fully saturated rings. The van der Waals surface area contributed by atoms with Crippen molar-refractivity contribution < 1.29 is 9.47 Å². The fourth-order valence-electron chi connectivity index (χ4n) is 1.80. The Hall–Kier alpha value is -1.62. The van der Waals surface area contributed by atoms with E-state index in [0.717, 1.165) is 11.3 Å². The molecule has 0 atom stereocenters. The van der Waals surface area contributed by atoms with Crippen molar-refractivity contribution in [1.29, 1.82) is 0 Å². The van der Waals surface area contributed by atoms with E-state index in [-0.39, 0.29) is 11.4 Å². The topological polar surface area (TPSA) is 44.2 Å². The summed E-state index contributed by atoms with van der Waals surface area (Å²) in [5.41, 5.74) is 1.08. The van der Waals surface area contributed by atoms with Crippen LogP contribution in [-0.2, 0) is 5.41 Å². The van der Waals surface area contributed by atoms with Crippen molar-refractivity contribution in [3.8, 4) is 17.6 Å². The van der Waals surface area contributed by atoms with Gasteiger partial charge in [0.15, 0.2) is 0 Å². The normalized spacial score (nSPS) is 11.2. The van der Waals surface area contributed by atoms with Crippen molar-refractivity contribution in [3.05, 3.63) is 40.5 Å². The van der Waals surface area contributed by atoms with Crippen LogP contribution in [-0.4, -0.2) is 17.1 Å². The molecule has 20 heavy (non-hydrogen) atoms. The molecule has 1 heterocycles. The SMILES string of the molecule is COc1nc(Oc2ccccc2C(C)(C)C)ncc1Br. The molecule has 0 aliphatic heterocycles. The van der Waals surface area contributed by atoms with Crippen LogP contribution in [0.2, 0.25) is 0 Å². The molecule has 0 saturated carbocycles. The molecule has 0 spiro atoms. The highest BCUT2D eigenvalue weighted by molar-refractivity contribution is 9.10. The average Bonchev–Trinajstić information content (AvgIpc) is 2.40. The van der Waals surface area contributed by atoms with Gasteiger partial charge in [-0.2, -0.15) is 4.98 Å². The minimum absolute atomic E-state index is 0.0178. The zero-order valence-electron chi connectivity index (χ0n) is 12.0. The Morgan fingerprint density at radius 3 is 2.50 bits per heavy atom. The predicted molar refractivity (Wildman–Crippen MR) is 81.5 cm³/mol. The fraction of sp³-hybridized carbons (Fsp3) is 0.333. The fourth-order valence-corrected chi connectivity index (χ4v) is 2.16. The molecule has 0 unspecified atom stereocenters. The third kappa shape index (κ3) is 3.28. The molecule has 0 N–H and O–H groups in total. The summed E-state index contributed by atoms with van der Waals surface area (Å²) in [7, 11) is 1.56. The number of benzene rings is 1. The van der Waals surface area contributed by atoms with Gasteiger partial charge in [-0.25, -0.2) is 4.98 Å². The molecule has 1 aromatic carbocycles. The van der Waals surface area contributed by atoms with Crippen molar-refractivity contribution in [3.63, 3.8) is 0 Å². The Bertz CT molecular complexity index is 609. The monoisotopic (exact) mass is 336 g/mol. The number of hydrogen-bond acceptors (Lipinski definition) is 4. The number of para-hydroxylation sites is 1. The van der Waals surface area contributed by atoms with Gasteiger partial charge in [-0.1, -0.05) is 39.0 Å². The minimum Gasteiger partial charge on any atom is -0.480 e. The summed E-state index contributed by atoms with van der Waals surface area (Å²) in [5, 5.41) is 0. The summed E-state index contributed by atoms with van der Waals surface area (Å²) >= 11 is 3.32. The quantitative estimate of drug-likeness (QED) is 0.836. The molecular weight excluding hydrogens is 320 g/mol. The van der Waals surface area contributed by atoms with Crippen LogP contribution in [0.5, 0.6) is 17.6 Å². The molecule has 0 amide bonds. The van der Waals surface area contributed by atoms with Crippen LogP contribution < -0.4 is 9.47 Å². The second-order valence-electron chi connectivity index (χ2n) is 5.36.